The first-order chi connectivity index (χ1) is 10.1. The second kappa shape index (κ2) is 5.61. The van der Waals surface area contributed by atoms with Crippen LogP contribution in [0.3, 0.4) is 0 Å². The summed E-state index contributed by atoms with van der Waals surface area (Å²) in [4.78, 5) is 0. The van der Waals surface area contributed by atoms with Gasteiger partial charge in [-0.05, 0) is 40.8 Å². The van der Waals surface area contributed by atoms with Crippen LogP contribution in [0.15, 0.2) is 18.2 Å². The topological polar surface area (TPSA) is 78.9 Å². The number of tetrazole rings is 1. The van der Waals surface area contributed by atoms with E-state index in [4.69, 9.17) is 22.1 Å². The standard InChI is InChI=1S/C14H18ClN5O/c1-14(5-7-21-8-6-14)9-20-13(17-18-19-20)10-3-2-4-11(16)12(10)15/h2-4H,5-9,16H2,1H3. The van der Waals surface area contributed by atoms with Crippen molar-refractivity contribution in [3.63, 3.8) is 0 Å². The number of anilines is 1. The second-order valence-corrected chi connectivity index (χ2v) is 6.17. The number of nitrogen functional groups attached to an aromatic ring is 1. The molecule has 7 heteroatoms. The van der Waals surface area contributed by atoms with Crippen LogP contribution in [0.5, 0.6) is 0 Å². The van der Waals surface area contributed by atoms with Crippen LogP contribution in [0, 0.1) is 5.41 Å². The molecule has 0 atom stereocenters. The molecule has 1 aliphatic rings. The Kier molecular flexibility index (Phi) is 3.82. The van der Waals surface area contributed by atoms with Gasteiger partial charge in [-0.25, -0.2) is 4.68 Å². The lowest BCUT2D eigenvalue weighted by Crippen LogP contribution is -2.31. The minimum Gasteiger partial charge on any atom is -0.398 e. The number of rotatable bonds is 3. The molecule has 0 saturated carbocycles. The third kappa shape index (κ3) is 2.87. The van der Waals surface area contributed by atoms with Crippen LogP contribution in [-0.2, 0) is 11.3 Å². The number of aromatic nitrogens is 4. The molecular formula is C14H18ClN5O. The van der Waals surface area contributed by atoms with E-state index in [0.29, 0.717) is 16.5 Å². The number of hydrogen-bond acceptors (Lipinski definition) is 5. The van der Waals surface area contributed by atoms with Gasteiger partial charge in [0, 0.05) is 18.8 Å². The molecular weight excluding hydrogens is 290 g/mol. The van der Waals surface area contributed by atoms with Crippen molar-refractivity contribution in [3.05, 3.63) is 23.2 Å². The third-order valence-electron chi connectivity index (χ3n) is 4.03. The first kappa shape index (κ1) is 14.3. The first-order valence-corrected chi connectivity index (χ1v) is 7.35. The van der Waals surface area contributed by atoms with Gasteiger partial charge in [0.1, 0.15) is 0 Å². The summed E-state index contributed by atoms with van der Waals surface area (Å²) in [7, 11) is 0. The molecule has 2 heterocycles. The summed E-state index contributed by atoms with van der Waals surface area (Å²) in [5, 5.41) is 12.5. The lowest BCUT2D eigenvalue weighted by atomic mass is 9.82. The normalized spacial score (nSPS) is 17.8. The molecule has 112 valence electrons. The van der Waals surface area contributed by atoms with Crippen molar-refractivity contribution in [2.45, 2.75) is 26.3 Å². The molecule has 2 aromatic rings. The Morgan fingerprint density at radius 1 is 1.38 bits per heavy atom. The molecule has 1 saturated heterocycles. The average Bonchev–Trinajstić information content (AvgIpc) is 2.90. The minimum atomic E-state index is 0.134. The summed E-state index contributed by atoms with van der Waals surface area (Å²) in [6.07, 6.45) is 1.99. The minimum absolute atomic E-state index is 0.134. The summed E-state index contributed by atoms with van der Waals surface area (Å²) in [6.45, 7) is 4.55. The van der Waals surface area contributed by atoms with Gasteiger partial charge in [0.25, 0.3) is 0 Å². The van der Waals surface area contributed by atoms with E-state index in [2.05, 4.69) is 22.4 Å². The molecule has 3 rings (SSSR count). The van der Waals surface area contributed by atoms with Crippen LogP contribution in [0.1, 0.15) is 19.8 Å². The van der Waals surface area contributed by atoms with E-state index < -0.39 is 0 Å². The molecule has 1 aromatic carbocycles. The van der Waals surface area contributed by atoms with Crippen molar-refractivity contribution in [2.24, 2.45) is 5.41 Å². The van der Waals surface area contributed by atoms with E-state index in [1.54, 1.807) is 6.07 Å². The Bertz CT molecular complexity index is 636. The van der Waals surface area contributed by atoms with Gasteiger partial charge in [-0.2, -0.15) is 0 Å². The maximum absolute atomic E-state index is 6.28. The van der Waals surface area contributed by atoms with E-state index >= 15 is 0 Å². The highest BCUT2D eigenvalue weighted by molar-refractivity contribution is 6.35. The van der Waals surface area contributed by atoms with Gasteiger partial charge in [-0.15, -0.1) is 5.10 Å². The molecule has 0 aliphatic carbocycles. The van der Waals surface area contributed by atoms with E-state index in [0.717, 1.165) is 38.2 Å². The van der Waals surface area contributed by atoms with Gasteiger partial charge in [0.05, 0.1) is 17.3 Å². The van der Waals surface area contributed by atoms with Gasteiger partial charge in [-0.3, -0.25) is 0 Å². The number of nitrogens with zero attached hydrogens (tertiary/aromatic N) is 4. The number of benzene rings is 1. The third-order valence-corrected chi connectivity index (χ3v) is 4.45. The zero-order chi connectivity index (χ0) is 14.9. The Morgan fingerprint density at radius 3 is 2.90 bits per heavy atom. The van der Waals surface area contributed by atoms with Crippen LogP contribution in [0.2, 0.25) is 5.02 Å². The summed E-state index contributed by atoms with van der Waals surface area (Å²) in [6, 6.07) is 5.50. The van der Waals surface area contributed by atoms with Gasteiger partial charge in [0.15, 0.2) is 5.82 Å². The van der Waals surface area contributed by atoms with Crippen LogP contribution in [0.4, 0.5) is 5.69 Å². The Hall–Kier alpha value is -1.66. The fourth-order valence-electron chi connectivity index (χ4n) is 2.61. The SMILES string of the molecule is CC1(Cn2nnnc2-c2cccc(N)c2Cl)CCOCC1. The highest BCUT2D eigenvalue weighted by Crippen LogP contribution is 2.34. The largest absolute Gasteiger partial charge is 0.398 e. The van der Waals surface area contributed by atoms with Crippen molar-refractivity contribution in [3.8, 4) is 11.4 Å². The Morgan fingerprint density at radius 2 is 2.14 bits per heavy atom. The molecule has 0 spiro atoms. The van der Waals surface area contributed by atoms with E-state index in [1.165, 1.54) is 0 Å². The summed E-state index contributed by atoms with van der Waals surface area (Å²) in [5.74, 6) is 0.653. The van der Waals surface area contributed by atoms with Crippen LogP contribution < -0.4 is 5.73 Å². The zero-order valence-electron chi connectivity index (χ0n) is 11.9. The van der Waals surface area contributed by atoms with E-state index in [1.807, 2.05) is 16.8 Å². The monoisotopic (exact) mass is 307 g/mol. The van der Waals surface area contributed by atoms with Crippen LogP contribution in [0.25, 0.3) is 11.4 Å². The predicted octanol–water partition coefficient (Wildman–Crippen LogP) is 2.39. The fourth-order valence-corrected chi connectivity index (χ4v) is 2.82. The fraction of sp³-hybridized carbons (Fsp3) is 0.500. The Labute approximate surface area is 128 Å². The van der Waals surface area contributed by atoms with Crippen LogP contribution in [-0.4, -0.2) is 33.4 Å². The summed E-state index contributed by atoms with van der Waals surface area (Å²) in [5.41, 5.74) is 7.28. The highest BCUT2D eigenvalue weighted by atomic mass is 35.5. The molecule has 6 nitrogen and oxygen atoms in total. The van der Waals surface area contributed by atoms with Crippen molar-refractivity contribution >= 4 is 17.3 Å². The maximum atomic E-state index is 6.28. The lowest BCUT2D eigenvalue weighted by Gasteiger charge is -2.33. The number of ether oxygens (including phenoxy) is 1. The van der Waals surface area contributed by atoms with Gasteiger partial charge in [-0.1, -0.05) is 24.6 Å². The molecule has 1 aliphatic heterocycles. The molecule has 0 amide bonds. The smallest absolute Gasteiger partial charge is 0.183 e. The highest BCUT2D eigenvalue weighted by Gasteiger charge is 2.29. The second-order valence-electron chi connectivity index (χ2n) is 5.79. The average molecular weight is 308 g/mol. The van der Waals surface area contributed by atoms with Gasteiger partial charge >= 0.3 is 0 Å². The van der Waals surface area contributed by atoms with Crippen molar-refractivity contribution in [1.29, 1.82) is 0 Å². The van der Waals surface area contributed by atoms with E-state index in [-0.39, 0.29) is 5.41 Å². The zero-order valence-corrected chi connectivity index (χ0v) is 12.7. The van der Waals surface area contributed by atoms with Crippen molar-refractivity contribution < 1.29 is 4.74 Å². The Balaban J connectivity index is 1.92. The molecule has 0 unspecified atom stereocenters. The molecule has 2 N–H and O–H groups in total. The van der Waals surface area contributed by atoms with Gasteiger partial charge < -0.3 is 10.5 Å². The lowest BCUT2D eigenvalue weighted by molar-refractivity contribution is 0.0138. The molecule has 1 fully saturated rings. The number of hydrogen-bond donors (Lipinski definition) is 1. The summed E-state index contributed by atoms with van der Waals surface area (Å²) < 4.78 is 7.25. The molecule has 0 radical (unpaired) electrons. The number of nitrogens with two attached hydrogens (primary N) is 1. The number of halogens is 1. The predicted molar refractivity (Wildman–Crippen MR) is 80.8 cm³/mol. The van der Waals surface area contributed by atoms with Crippen LogP contribution >= 0.6 is 11.6 Å². The van der Waals surface area contributed by atoms with Crippen molar-refractivity contribution in [2.75, 3.05) is 18.9 Å². The van der Waals surface area contributed by atoms with E-state index in [9.17, 15) is 0 Å². The van der Waals surface area contributed by atoms with Crippen molar-refractivity contribution in [1.82, 2.24) is 20.2 Å². The summed E-state index contributed by atoms with van der Waals surface area (Å²) >= 11 is 6.28. The molecule has 1 aromatic heterocycles. The maximum Gasteiger partial charge on any atom is 0.183 e. The van der Waals surface area contributed by atoms with Gasteiger partial charge in [0.2, 0.25) is 0 Å². The molecule has 0 bridgehead atoms. The quantitative estimate of drug-likeness (QED) is 0.881. The molecule has 21 heavy (non-hydrogen) atoms. The first-order valence-electron chi connectivity index (χ1n) is 6.97.